The summed E-state index contributed by atoms with van der Waals surface area (Å²) in [6.07, 6.45) is 2.22. The molecular formula is C10H12N4O4. The monoisotopic (exact) mass is 252 g/mol. The fraction of sp³-hybridized carbons (Fsp3) is 0.400. The van der Waals surface area contributed by atoms with Crippen LogP contribution in [0.4, 0.5) is 11.5 Å². The smallest absolute Gasteiger partial charge is 0.311 e. The number of pyridine rings is 1. The number of nitrogens with zero attached hydrogens (tertiary/aromatic N) is 3. The zero-order valence-electron chi connectivity index (χ0n) is 9.54. The molecule has 18 heavy (non-hydrogen) atoms. The highest BCUT2D eigenvalue weighted by Gasteiger charge is 2.20. The predicted molar refractivity (Wildman–Crippen MR) is 61.7 cm³/mol. The SMILES string of the molecule is O=C(CNc1ncccc1[N+](=O)[O-])N1CCCO1. The van der Waals surface area contributed by atoms with Crippen molar-refractivity contribution in [2.45, 2.75) is 6.42 Å². The zero-order chi connectivity index (χ0) is 13.0. The van der Waals surface area contributed by atoms with Gasteiger partial charge in [-0.1, -0.05) is 0 Å². The van der Waals surface area contributed by atoms with Crippen molar-refractivity contribution >= 4 is 17.4 Å². The summed E-state index contributed by atoms with van der Waals surface area (Å²) in [6.45, 7) is 0.984. The molecule has 1 N–H and O–H groups in total. The number of nitro groups is 1. The van der Waals surface area contributed by atoms with Crippen molar-refractivity contribution in [3.05, 3.63) is 28.4 Å². The second kappa shape index (κ2) is 5.41. The molecule has 1 aliphatic rings. The fourth-order valence-electron chi connectivity index (χ4n) is 1.57. The molecule has 1 saturated heterocycles. The number of hydroxylamine groups is 2. The lowest BCUT2D eigenvalue weighted by Gasteiger charge is -2.14. The minimum atomic E-state index is -0.549. The maximum absolute atomic E-state index is 11.6. The zero-order valence-corrected chi connectivity index (χ0v) is 9.54. The number of amides is 1. The molecule has 0 radical (unpaired) electrons. The molecular weight excluding hydrogens is 240 g/mol. The molecule has 1 aromatic rings. The molecule has 0 unspecified atom stereocenters. The average Bonchev–Trinajstić information content (AvgIpc) is 2.90. The molecule has 0 aromatic carbocycles. The van der Waals surface area contributed by atoms with Crippen molar-refractivity contribution in [3.8, 4) is 0 Å². The third kappa shape index (κ3) is 2.72. The molecule has 96 valence electrons. The fourth-order valence-corrected chi connectivity index (χ4v) is 1.57. The Balaban J connectivity index is 1.97. The Kier molecular flexibility index (Phi) is 3.68. The molecule has 1 amide bonds. The first-order valence-corrected chi connectivity index (χ1v) is 5.45. The third-order valence-corrected chi connectivity index (χ3v) is 2.42. The summed E-state index contributed by atoms with van der Waals surface area (Å²) < 4.78 is 0. The topological polar surface area (TPSA) is 97.6 Å². The van der Waals surface area contributed by atoms with E-state index in [2.05, 4.69) is 10.3 Å². The first kappa shape index (κ1) is 12.2. The van der Waals surface area contributed by atoms with E-state index in [1.807, 2.05) is 0 Å². The summed E-state index contributed by atoms with van der Waals surface area (Å²) in [5.74, 6) is -0.192. The molecule has 8 nitrogen and oxygen atoms in total. The van der Waals surface area contributed by atoms with Gasteiger partial charge in [0, 0.05) is 12.3 Å². The van der Waals surface area contributed by atoms with Gasteiger partial charge in [-0.3, -0.25) is 19.7 Å². The van der Waals surface area contributed by atoms with Gasteiger partial charge in [0.15, 0.2) is 0 Å². The standard InChI is InChI=1S/C10H12N4O4/c15-9(13-5-2-6-18-13)7-12-10-8(14(16)17)3-1-4-11-10/h1,3-4H,2,5-7H2,(H,11,12). The van der Waals surface area contributed by atoms with Crippen LogP contribution in [0.25, 0.3) is 0 Å². The number of nitrogens with one attached hydrogen (secondary N) is 1. The number of anilines is 1. The molecule has 0 saturated carbocycles. The highest BCUT2D eigenvalue weighted by atomic mass is 16.7. The Bertz CT molecular complexity index is 459. The van der Waals surface area contributed by atoms with Crippen molar-refractivity contribution in [2.75, 3.05) is 25.0 Å². The maximum Gasteiger partial charge on any atom is 0.311 e. The minimum absolute atomic E-state index is 0.0787. The summed E-state index contributed by atoms with van der Waals surface area (Å²) >= 11 is 0. The van der Waals surface area contributed by atoms with Crippen LogP contribution in [0.5, 0.6) is 0 Å². The van der Waals surface area contributed by atoms with Crippen LogP contribution in [0.3, 0.4) is 0 Å². The molecule has 2 rings (SSSR count). The lowest BCUT2D eigenvalue weighted by atomic mass is 10.4. The van der Waals surface area contributed by atoms with E-state index in [4.69, 9.17) is 4.84 Å². The normalized spacial score (nSPS) is 14.6. The first-order valence-electron chi connectivity index (χ1n) is 5.45. The molecule has 1 aliphatic heterocycles. The van der Waals surface area contributed by atoms with Gasteiger partial charge in [0.2, 0.25) is 5.82 Å². The van der Waals surface area contributed by atoms with E-state index in [1.165, 1.54) is 23.4 Å². The van der Waals surface area contributed by atoms with Crippen molar-refractivity contribution in [1.82, 2.24) is 10.0 Å². The van der Waals surface area contributed by atoms with Crippen LogP contribution in [0.15, 0.2) is 18.3 Å². The summed E-state index contributed by atoms with van der Waals surface area (Å²) in [5.41, 5.74) is -0.160. The number of carbonyl (C=O) groups excluding carboxylic acids is 1. The van der Waals surface area contributed by atoms with Gasteiger partial charge in [-0.2, -0.15) is 0 Å². The highest BCUT2D eigenvalue weighted by Crippen LogP contribution is 2.19. The van der Waals surface area contributed by atoms with Crippen LogP contribution in [0.2, 0.25) is 0 Å². The highest BCUT2D eigenvalue weighted by molar-refractivity contribution is 5.80. The third-order valence-electron chi connectivity index (χ3n) is 2.42. The van der Waals surface area contributed by atoms with E-state index in [9.17, 15) is 14.9 Å². The first-order chi connectivity index (χ1) is 8.68. The molecule has 0 bridgehead atoms. The lowest BCUT2D eigenvalue weighted by Crippen LogP contribution is -2.32. The van der Waals surface area contributed by atoms with Gasteiger partial charge in [0.25, 0.3) is 5.91 Å². The molecule has 0 aliphatic carbocycles. The van der Waals surface area contributed by atoms with Gasteiger partial charge in [0.05, 0.1) is 24.6 Å². The second-order valence-corrected chi connectivity index (χ2v) is 3.66. The Morgan fingerprint density at radius 1 is 1.67 bits per heavy atom. The molecule has 0 atom stereocenters. The van der Waals surface area contributed by atoms with Crippen LogP contribution >= 0.6 is 0 Å². The Hall–Kier alpha value is -2.22. The van der Waals surface area contributed by atoms with Crippen molar-refractivity contribution in [3.63, 3.8) is 0 Å². The van der Waals surface area contributed by atoms with E-state index in [0.717, 1.165) is 6.42 Å². The molecule has 8 heteroatoms. The van der Waals surface area contributed by atoms with E-state index < -0.39 is 4.92 Å². The average molecular weight is 252 g/mol. The number of hydrogen-bond donors (Lipinski definition) is 1. The second-order valence-electron chi connectivity index (χ2n) is 3.66. The van der Waals surface area contributed by atoms with Gasteiger partial charge in [-0.05, 0) is 12.5 Å². The van der Waals surface area contributed by atoms with Gasteiger partial charge in [0.1, 0.15) is 0 Å². The van der Waals surface area contributed by atoms with Crippen LogP contribution in [0, 0.1) is 10.1 Å². The van der Waals surface area contributed by atoms with E-state index in [1.54, 1.807) is 0 Å². The van der Waals surface area contributed by atoms with Crippen LogP contribution in [-0.4, -0.2) is 40.6 Å². The number of carbonyl (C=O) groups is 1. The van der Waals surface area contributed by atoms with Crippen LogP contribution in [0.1, 0.15) is 6.42 Å². The maximum atomic E-state index is 11.6. The van der Waals surface area contributed by atoms with Crippen molar-refractivity contribution in [1.29, 1.82) is 0 Å². The van der Waals surface area contributed by atoms with Gasteiger partial charge in [-0.15, -0.1) is 0 Å². The Morgan fingerprint density at radius 3 is 3.17 bits per heavy atom. The van der Waals surface area contributed by atoms with Gasteiger partial charge in [-0.25, -0.2) is 10.0 Å². The van der Waals surface area contributed by atoms with Crippen LogP contribution in [-0.2, 0) is 9.63 Å². The number of hydrogen-bond acceptors (Lipinski definition) is 6. The van der Waals surface area contributed by atoms with Crippen LogP contribution < -0.4 is 5.32 Å². The Morgan fingerprint density at radius 2 is 2.50 bits per heavy atom. The summed E-state index contributed by atoms with van der Waals surface area (Å²) in [7, 11) is 0. The quantitative estimate of drug-likeness (QED) is 0.621. The number of rotatable bonds is 4. The van der Waals surface area contributed by atoms with Crippen molar-refractivity contribution < 1.29 is 14.6 Å². The van der Waals surface area contributed by atoms with E-state index >= 15 is 0 Å². The number of aromatic nitrogens is 1. The minimum Gasteiger partial charge on any atom is -0.355 e. The molecule has 1 aromatic heterocycles. The summed E-state index contributed by atoms with van der Waals surface area (Å²) in [6, 6.07) is 2.79. The van der Waals surface area contributed by atoms with E-state index in [-0.39, 0.29) is 24.0 Å². The largest absolute Gasteiger partial charge is 0.355 e. The van der Waals surface area contributed by atoms with E-state index in [0.29, 0.717) is 13.2 Å². The molecule has 2 heterocycles. The summed E-state index contributed by atoms with van der Waals surface area (Å²) in [5, 5.41) is 14.6. The lowest BCUT2D eigenvalue weighted by molar-refractivity contribution is -0.384. The van der Waals surface area contributed by atoms with Crippen molar-refractivity contribution in [2.24, 2.45) is 0 Å². The predicted octanol–water partition coefficient (Wildman–Crippen LogP) is 0.566. The van der Waals surface area contributed by atoms with Gasteiger partial charge < -0.3 is 5.32 Å². The Labute approximate surface area is 103 Å². The van der Waals surface area contributed by atoms with Gasteiger partial charge >= 0.3 is 5.69 Å². The molecule has 1 fully saturated rings. The molecule has 0 spiro atoms. The summed E-state index contributed by atoms with van der Waals surface area (Å²) in [4.78, 5) is 30.7.